The van der Waals surface area contributed by atoms with Gasteiger partial charge in [-0.25, -0.2) is 9.37 Å². The Kier molecular flexibility index (Phi) is 10.2. The summed E-state index contributed by atoms with van der Waals surface area (Å²) in [6.07, 6.45) is 2.13. The first-order valence-electron chi connectivity index (χ1n) is 14.6. The standard InChI is InChI=1S/C31H32ClF2N7O5/c1-39-24(22-4-5-25(46-12-8-35)27(34)26(22)33)16-37-28(39)29(42)38-19-2-3-21(23(32)14-19)31(44)40-9-6-18(7-10-40)30(43)41-11-13-45-20(15-36)17-41/h2-5,14,16,18,20H,6-7,9-13,15,17,36H2,1H3,(H,38,42). The Morgan fingerprint density at radius 1 is 1.15 bits per heavy atom. The van der Waals surface area contributed by atoms with Crippen molar-refractivity contribution in [1.29, 1.82) is 5.26 Å². The van der Waals surface area contributed by atoms with E-state index < -0.39 is 29.9 Å². The lowest BCUT2D eigenvalue weighted by molar-refractivity contribution is -0.144. The molecule has 242 valence electrons. The monoisotopic (exact) mass is 655 g/mol. The minimum Gasteiger partial charge on any atom is -0.476 e. The second-order valence-corrected chi connectivity index (χ2v) is 11.3. The normalized spacial score (nSPS) is 17.0. The van der Waals surface area contributed by atoms with Crippen molar-refractivity contribution in [2.75, 3.05) is 51.3 Å². The molecule has 46 heavy (non-hydrogen) atoms. The number of morpholine rings is 1. The lowest BCUT2D eigenvalue weighted by atomic mass is 9.94. The summed E-state index contributed by atoms with van der Waals surface area (Å²) in [7, 11) is 1.47. The van der Waals surface area contributed by atoms with Crippen LogP contribution in [0.5, 0.6) is 5.75 Å². The van der Waals surface area contributed by atoms with E-state index in [0.29, 0.717) is 52.2 Å². The molecule has 0 spiro atoms. The van der Waals surface area contributed by atoms with Gasteiger partial charge in [-0.2, -0.15) is 9.65 Å². The number of aromatic nitrogens is 2. The highest BCUT2D eigenvalue weighted by molar-refractivity contribution is 6.34. The number of halogens is 3. The number of likely N-dealkylation sites (tertiary alicyclic amines) is 1. The van der Waals surface area contributed by atoms with Crippen molar-refractivity contribution in [2.45, 2.75) is 18.9 Å². The summed E-state index contributed by atoms with van der Waals surface area (Å²) in [5.41, 5.74) is 6.21. The zero-order chi connectivity index (χ0) is 33.0. The van der Waals surface area contributed by atoms with Crippen LogP contribution < -0.4 is 15.8 Å². The summed E-state index contributed by atoms with van der Waals surface area (Å²) in [4.78, 5) is 46.9. The van der Waals surface area contributed by atoms with Crippen LogP contribution in [0.1, 0.15) is 33.8 Å². The van der Waals surface area contributed by atoms with Gasteiger partial charge in [0.15, 0.2) is 24.0 Å². The molecule has 3 aromatic rings. The SMILES string of the molecule is Cn1c(-c2ccc(OCC#N)c(F)c2F)cnc1C(=O)Nc1ccc(C(=O)N2CCC(C(=O)N3CCOC(CN)C3)CC2)c(Cl)c1. The molecule has 0 radical (unpaired) electrons. The molecule has 0 bridgehead atoms. The Balaban J connectivity index is 1.20. The number of piperidine rings is 1. The lowest BCUT2D eigenvalue weighted by Gasteiger charge is -2.37. The molecule has 0 aliphatic carbocycles. The molecule has 1 unspecified atom stereocenters. The van der Waals surface area contributed by atoms with E-state index in [0.717, 1.165) is 0 Å². The Morgan fingerprint density at radius 2 is 1.91 bits per heavy atom. The molecule has 0 saturated carbocycles. The third-order valence-corrected chi connectivity index (χ3v) is 8.42. The van der Waals surface area contributed by atoms with Crippen LogP contribution in [0.4, 0.5) is 14.5 Å². The molecule has 2 aromatic carbocycles. The molecular weight excluding hydrogens is 624 g/mol. The van der Waals surface area contributed by atoms with Gasteiger partial charge < -0.3 is 34.9 Å². The smallest absolute Gasteiger partial charge is 0.291 e. The molecule has 2 fully saturated rings. The maximum absolute atomic E-state index is 14.8. The van der Waals surface area contributed by atoms with E-state index in [4.69, 9.17) is 32.1 Å². The number of anilines is 1. The van der Waals surface area contributed by atoms with Gasteiger partial charge in [-0.15, -0.1) is 0 Å². The number of rotatable bonds is 8. The number of benzene rings is 2. The summed E-state index contributed by atoms with van der Waals surface area (Å²) >= 11 is 6.47. The number of carbonyl (C=O) groups excluding carboxylic acids is 3. The van der Waals surface area contributed by atoms with E-state index in [1.165, 1.54) is 48.1 Å². The largest absolute Gasteiger partial charge is 0.476 e. The third kappa shape index (κ3) is 6.81. The number of nitrogens with two attached hydrogens (primary N) is 1. The third-order valence-electron chi connectivity index (χ3n) is 8.11. The van der Waals surface area contributed by atoms with Crippen LogP contribution in [0.15, 0.2) is 36.5 Å². The first-order valence-corrected chi connectivity index (χ1v) is 15.0. The number of amides is 3. The van der Waals surface area contributed by atoms with Crippen LogP contribution in [0, 0.1) is 28.9 Å². The summed E-state index contributed by atoms with van der Waals surface area (Å²) in [6.45, 7) is 2.17. The molecule has 15 heteroatoms. The quantitative estimate of drug-likeness (QED) is 0.375. The van der Waals surface area contributed by atoms with Gasteiger partial charge >= 0.3 is 0 Å². The molecule has 3 heterocycles. The number of hydrogen-bond donors (Lipinski definition) is 2. The van der Waals surface area contributed by atoms with Crippen molar-refractivity contribution in [2.24, 2.45) is 18.7 Å². The number of nitrogens with zero attached hydrogens (tertiary/aromatic N) is 5. The van der Waals surface area contributed by atoms with Crippen LogP contribution in [-0.4, -0.2) is 89.1 Å². The highest BCUT2D eigenvalue weighted by Crippen LogP contribution is 2.31. The number of imidazole rings is 1. The van der Waals surface area contributed by atoms with Crippen LogP contribution in [0.3, 0.4) is 0 Å². The van der Waals surface area contributed by atoms with Gasteiger partial charge in [0.1, 0.15) is 6.07 Å². The molecule has 2 saturated heterocycles. The van der Waals surface area contributed by atoms with Crippen molar-refractivity contribution in [3.05, 3.63) is 64.6 Å². The van der Waals surface area contributed by atoms with E-state index in [1.807, 2.05) is 0 Å². The maximum atomic E-state index is 14.8. The second kappa shape index (κ2) is 14.2. The number of ether oxygens (including phenoxy) is 2. The van der Waals surface area contributed by atoms with Crippen molar-refractivity contribution in [1.82, 2.24) is 19.4 Å². The van der Waals surface area contributed by atoms with E-state index in [-0.39, 0.29) is 57.2 Å². The number of nitrogens with one attached hydrogen (secondary N) is 1. The molecule has 1 atom stereocenters. The average molecular weight is 656 g/mol. The summed E-state index contributed by atoms with van der Waals surface area (Å²) in [5.74, 6) is -4.04. The lowest BCUT2D eigenvalue weighted by Crippen LogP contribution is -2.51. The molecule has 2 aliphatic rings. The summed E-state index contributed by atoms with van der Waals surface area (Å²) < 4.78 is 41.0. The second-order valence-electron chi connectivity index (χ2n) is 10.9. The van der Waals surface area contributed by atoms with Crippen molar-refractivity contribution < 1.29 is 32.6 Å². The van der Waals surface area contributed by atoms with Crippen LogP contribution in [0.2, 0.25) is 5.02 Å². The predicted molar refractivity (Wildman–Crippen MR) is 163 cm³/mol. The van der Waals surface area contributed by atoms with Crippen LogP contribution >= 0.6 is 11.6 Å². The highest BCUT2D eigenvalue weighted by atomic mass is 35.5. The van der Waals surface area contributed by atoms with E-state index in [2.05, 4.69) is 10.3 Å². The Morgan fingerprint density at radius 3 is 2.61 bits per heavy atom. The van der Waals surface area contributed by atoms with Crippen molar-refractivity contribution in [3.8, 4) is 23.1 Å². The van der Waals surface area contributed by atoms with Crippen LogP contribution in [-0.2, 0) is 16.6 Å². The van der Waals surface area contributed by atoms with Gasteiger partial charge in [-0.1, -0.05) is 11.6 Å². The van der Waals surface area contributed by atoms with Crippen molar-refractivity contribution >= 4 is 35.0 Å². The topological polar surface area (TPSA) is 156 Å². The zero-order valence-corrected chi connectivity index (χ0v) is 25.7. The number of nitriles is 1. The highest BCUT2D eigenvalue weighted by Gasteiger charge is 2.33. The molecule has 1 aromatic heterocycles. The predicted octanol–water partition coefficient (Wildman–Crippen LogP) is 3.21. The van der Waals surface area contributed by atoms with Gasteiger partial charge in [0.2, 0.25) is 11.7 Å². The molecule has 2 aliphatic heterocycles. The fourth-order valence-electron chi connectivity index (χ4n) is 5.60. The Hall–Kier alpha value is -4.58. The number of carbonyl (C=O) groups is 3. The number of hydrogen-bond acceptors (Lipinski definition) is 8. The van der Waals surface area contributed by atoms with E-state index in [9.17, 15) is 23.2 Å². The minimum atomic E-state index is -1.27. The zero-order valence-electron chi connectivity index (χ0n) is 25.0. The van der Waals surface area contributed by atoms with Crippen molar-refractivity contribution in [3.63, 3.8) is 0 Å². The van der Waals surface area contributed by atoms with Gasteiger partial charge in [-0.3, -0.25) is 14.4 Å². The van der Waals surface area contributed by atoms with Gasteiger partial charge in [0.05, 0.1) is 35.2 Å². The van der Waals surface area contributed by atoms with Gasteiger partial charge in [-0.05, 0) is 43.2 Å². The summed E-state index contributed by atoms with van der Waals surface area (Å²) in [6, 6.07) is 8.61. The summed E-state index contributed by atoms with van der Waals surface area (Å²) in [5, 5.41) is 11.4. The molecule has 3 amide bonds. The first kappa shape index (κ1) is 32.8. The Labute approximate surface area is 268 Å². The fraction of sp³-hybridized carbons (Fsp3) is 0.387. The van der Waals surface area contributed by atoms with Crippen LogP contribution in [0.25, 0.3) is 11.3 Å². The first-order chi connectivity index (χ1) is 22.1. The molecule has 5 rings (SSSR count). The molecule has 12 nitrogen and oxygen atoms in total. The van der Waals surface area contributed by atoms with Gasteiger partial charge in [0, 0.05) is 56.9 Å². The molecular formula is C31H32ClF2N7O5. The maximum Gasteiger partial charge on any atom is 0.291 e. The van der Waals surface area contributed by atoms with E-state index >= 15 is 0 Å². The van der Waals surface area contributed by atoms with Gasteiger partial charge in [0.25, 0.3) is 11.8 Å². The fourth-order valence-corrected chi connectivity index (χ4v) is 5.86. The molecule has 3 N–H and O–H groups in total. The minimum absolute atomic E-state index is 0.0589. The Bertz CT molecular complexity index is 1690. The van der Waals surface area contributed by atoms with E-state index in [1.54, 1.807) is 15.9 Å². The average Bonchev–Trinajstić information content (AvgIpc) is 3.45.